The number of amides is 1. The first kappa shape index (κ1) is 15.9. The molecule has 0 bridgehead atoms. The van der Waals surface area contributed by atoms with Crippen molar-refractivity contribution in [3.8, 4) is 0 Å². The van der Waals surface area contributed by atoms with Gasteiger partial charge in [-0.2, -0.15) is 0 Å². The monoisotopic (exact) mass is 359 g/mol. The highest BCUT2D eigenvalue weighted by molar-refractivity contribution is 6.31. The van der Waals surface area contributed by atoms with Gasteiger partial charge in [0.25, 0.3) is 5.91 Å². The Morgan fingerprint density at radius 3 is 2.84 bits per heavy atom. The molecule has 3 heterocycles. The number of halogens is 3. The molecule has 7 heteroatoms. The van der Waals surface area contributed by atoms with Crippen molar-refractivity contribution in [3.05, 3.63) is 70.0 Å². The first-order chi connectivity index (χ1) is 12.0. The van der Waals surface area contributed by atoms with Crippen LogP contribution < -0.4 is 0 Å². The van der Waals surface area contributed by atoms with Crippen LogP contribution in [0.3, 0.4) is 0 Å². The van der Waals surface area contributed by atoms with Crippen molar-refractivity contribution in [1.82, 2.24) is 14.9 Å². The molecule has 4 nitrogen and oxygen atoms in total. The molecule has 2 aromatic heterocycles. The van der Waals surface area contributed by atoms with Gasteiger partial charge in [-0.3, -0.25) is 4.79 Å². The lowest BCUT2D eigenvalue weighted by Gasteiger charge is -2.28. The van der Waals surface area contributed by atoms with Crippen LogP contribution in [0, 0.1) is 11.6 Å². The highest BCUT2D eigenvalue weighted by atomic mass is 35.5. The summed E-state index contributed by atoms with van der Waals surface area (Å²) in [6, 6.07) is 6.63. The van der Waals surface area contributed by atoms with E-state index in [1.165, 1.54) is 11.0 Å². The minimum atomic E-state index is -0.858. The zero-order valence-corrected chi connectivity index (χ0v) is 13.7. The van der Waals surface area contributed by atoms with E-state index in [1.54, 1.807) is 12.3 Å². The standard InChI is InChI=1S/C18H12ClF2N3O/c19-12-6-10-5-11-9-24(4-3-16(11)23-17(10)22-8-12)18(25)14-2-1-13(20)7-15(14)21/h1-2,5-8H,3-4,9H2. The molecule has 1 aromatic carbocycles. The van der Waals surface area contributed by atoms with Gasteiger partial charge in [0.05, 0.1) is 10.6 Å². The Labute approximate surface area is 147 Å². The molecule has 4 rings (SSSR count). The maximum absolute atomic E-state index is 13.9. The second-order valence-electron chi connectivity index (χ2n) is 5.90. The molecule has 0 saturated heterocycles. The van der Waals surface area contributed by atoms with E-state index in [1.807, 2.05) is 6.07 Å². The van der Waals surface area contributed by atoms with Gasteiger partial charge in [0.1, 0.15) is 11.6 Å². The summed E-state index contributed by atoms with van der Waals surface area (Å²) >= 11 is 5.96. The number of carbonyl (C=O) groups is 1. The molecule has 0 fully saturated rings. The summed E-state index contributed by atoms with van der Waals surface area (Å²) in [5.74, 6) is -2.03. The summed E-state index contributed by atoms with van der Waals surface area (Å²) in [5, 5.41) is 1.29. The smallest absolute Gasteiger partial charge is 0.257 e. The lowest BCUT2D eigenvalue weighted by Crippen LogP contribution is -2.36. The molecule has 1 amide bonds. The predicted molar refractivity (Wildman–Crippen MR) is 89.4 cm³/mol. The first-order valence-corrected chi connectivity index (χ1v) is 8.07. The van der Waals surface area contributed by atoms with Crippen molar-refractivity contribution in [1.29, 1.82) is 0 Å². The average molecular weight is 360 g/mol. The molecule has 126 valence electrons. The van der Waals surface area contributed by atoms with Crippen LogP contribution in [-0.4, -0.2) is 27.3 Å². The lowest BCUT2D eigenvalue weighted by atomic mass is 10.0. The third-order valence-electron chi connectivity index (χ3n) is 4.23. The fraction of sp³-hybridized carbons (Fsp3) is 0.167. The summed E-state index contributed by atoms with van der Waals surface area (Å²) in [7, 11) is 0. The largest absolute Gasteiger partial charge is 0.334 e. The van der Waals surface area contributed by atoms with Crippen LogP contribution in [0.15, 0.2) is 36.5 Å². The average Bonchev–Trinajstić information content (AvgIpc) is 2.59. The van der Waals surface area contributed by atoms with Gasteiger partial charge in [0, 0.05) is 42.9 Å². The fourth-order valence-corrected chi connectivity index (χ4v) is 3.17. The molecule has 0 atom stereocenters. The van der Waals surface area contributed by atoms with Crippen molar-refractivity contribution in [2.75, 3.05) is 6.54 Å². The molecule has 0 spiro atoms. The summed E-state index contributed by atoms with van der Waals surface area (Å²) in [5.41, 5.74) is 2.21. The van der Waals surface area contributed by atoms with Gasteiger partial charge >= 0.3 is 0 Å². The lowest BCUT2D eigenvalue weighted by molar-refractivity contribution is 0.0729. The van der Waals surface area contributed by atoms with Crippen molar-refractivity contribution >= 4 is 28.5 Å². The quantitative estimate of drug-likeness (QED) is 0.664. The maximum Gasteiger partial charge on any atom is 0.257 e. The van der Waals surface area contributed by atoms with Gasteiger partial charge in [-0.25, -0.2) is 18.7 Å². The minimum Gasteiger partial charge on any atom is -0.334 e. The Kier molecular flexibility index (Phi) is 3.84. The number of hydrogen-bond acceptors (Lipinski definition) is 3. The van der Waals surface area contributed by atoms with Crippen LogP contribution in [0.5, 0.6) is 0 Å². The van der Waals surface area contributed by atoms with E-state index in [2.05, 4.69) is 9.97 Å². The summed E-state index contributed by atoms with van der Waals surface area (Å²) in [4.78, 5) is 22.8. The highest BCUT2D eigenvalue weighted by Crippen LogP contribution is 2.25. The number of aromatic nitrogens is 2. The molecular formula is C18H12ClF2N3O. The van der Waals surface area contributed by atoms with Crippen LogP contribution in [0.25, 0.3) is 11.0 Å². The van der Waals surface area contributed by atoms with E-state index in [0.717, 1.165) is 22.7 Å². The molecular weight excluding hydrogens is 348 g/mol. The predicted octanol–water partition coefficient (Wildman–Crippen LogP) is 3.76. The van der Waals surface area contributed by atoms with Gasteiger partial charge in [-0.1, -0.05) is 11.6 Å². The molecule has 1 aliphatic rings. The molecule has 0 aliphatic carbocycles. The SMILES string of the molecule is O=C(c1ccc(F)cc1F)N1CCc2nc3ncc(Cl)cc3cc2C1. The fourth-order valence-electron chi connectivity index (χ4n) is 3.00. The number of rotatable bonds is 1. The summed E-state index contributed by atoms with van der Waals surface area (Å²) < 4.78 is 26.9. The second kappa shape index (κ2) is 6.04. The zero-order valence-electron chi connectivity index (χ0n) is 13.0. The van der Waals surface area contributed by atoms with Crippen LogP contribution in [0.1, 0.15) is 21.6 Å². The van der Waals surface area contributed by atoms with E-state index in [0.29, 0.717) is 36.2 Å². The van der Waals surface area contributed by atoms with Crippen molar-refractivity contribution < 1.29 is 13.6 Å². The molecule has 0 unspecified atom stereocenters. The second-order valence-corrected chi connectivity index (χ2v) is 6.33. The van der Waals surface area contributed by atoms with E-state index in [4.69, 9.17) is 11.6 Å². The number of benzene rings is 1. The zero-order chi connectivity index (χ0) is 17.6. The van der Waals surface area contributed by atoms with Gasteiger partial charge in [0.2, 0.25) is 0 Å². The topological polar surface area (TPSA) is 46.1 Å². The van der Waals surface area contributed by atoms with Crippen LogP contribution in [0.2, 0.25) is 5.02 Å². The number of carbonyl (C=O) groups excluding carboxylic acids is 1. The Balaban J connectivity index is 1.66. The Bertz CT molecular complexity index is 1010. The Hall–Kier alpha value is -2.60. The molecule has 1 aliphatic heterocycles. The Morgan fingerprint density at radius 1 is 1.20 bits per heavy atom. The number of pyridine rings is 2. The van der Waals surface area contributed by atoms with E-state index < -0.39 is 17.5 Å². The highest BCUT2D eigenvalue weighted by Gasteiger charge is 2.25. The van der Waals surface area contributed by atoms with Crippen molar-refractivity contribution in [2.45, 2.75) is 13.0 Å². The van der Waals surface area contributed by atoms with Crippen molar-refractivity contribution in [2.24, 2.45) is 0 Å². The summed E-state index contributed by atoms with van der Waals surface area (Å²) in [6.07, 6.45) is 2.09. The molecule has 25 heavy (non-hydrogen) atoms. The normalized spacial score (nSPS) is 13.8. The van der Waals surface area contributed by atoms with Crippen LogP contribution >= 0.6 is 11.6 Å². The van der Waals surface area contributed by atoms with E-state index in [-0.39, 0.29) is 5.56 Å². The maximum atomic E-state index is 13.9. The van der Waals surface area contributed by atoms with Crippen LogP contribution in [-0.2, 0) is 13.0 Å². The van der Waals surface area contributed by atoms with Gasteiger partial charge < -0.3 is 4.90 Å². The van der Waals surface area contributed by atoms with Crippen molar-refractivity contribution in [3.63, 3.8) is 0 Å². The van der Waals surface area contributed by atoms with Crippen LogP contribution in [0.4, 0.5) is 8.78 Å². The minimum absolute atomic E-state index is 0.136. The molecule has 0 saturated carbocycles. The Morgan fingerprint density at radius 2 is 2.04 bits per heavy atom. The molecule has 0 radical (unpaired) electrons. The number of nitrogens with zero attached hydrogens (tertiary/aromatic N) is 3. The van der Waals surface area contributed by atoms with Gasteiger partial charge in [-0.05, 0) is 29.8 Å². The first-order valence-electron chi connectivity index (χ1n) is 7.69. The van der Waals surface area contributed by atoms with E-state index >= 15 is 0 Å². The molecule has 3 aromatic rings. The molecule has 0 N–H and O–H groups in total. The summed E-state index contributed by atoms with van der Waals surface area (Å²) in [6.45, 7) is 0.717. The number of fused-ring (bicyclic) bond motifs is 2. The van der Waals surface area contributed by atoms with Gasteiger partial charge in [-0.15, -0.1) is 0 Å². The van der Waals surface area contributed by atoms with E-state index in [9.17, 15) is 13.6 Å². The third kappa shape index (κ3) is 2.93. The van der Waals surface area contributed by atoms with Gasteiger partial charge in [0.15, 0.2) is 5.65 Å². The third-order valence-corrected chi connectivity index (χ3v) is 4.44. The number of hydrogen-bond donors (Lipinski definition) is 0.